The number of aliphatic carboxylic acids is 1. The van der Waals surface area contributed by atoms with Crippen LogP contribution in [0.2, 0.25) is 0 Å². The van der Waals surface area contributed by atoms with Gasteiger partial charge in [-0.15, -0.1) is 11.3 Å². The number of amides is 2. The Balaban J connectivity index is 1.58. The maximum Gasteiger partial charge on any atom is 0.307 e. The van der Waals surface area contributed by atoms with Crippen molar-refractivity contribution in [2.45, 2.75) is 58.4 Å². The largest absolute Gasteiger partial charge is 0.481 e. The van der Waals surface area contributed by atoms with Crippen molar-refractivity contribution in [1.82, 2.24) is 5.32 Å². The van der Waals surface area contributed by atoms with Gasteiger partial charge in [0.15, 0.2) is 0 Å². The molecule has 29 heavy (non-hydrogen) atoms. The molecule has 4 unspecified atom stereocenters. The number of nitrogens with one attached hydrogen (secondary N) is 2. The minimum atomic E-state index is -0.919. The van der Waals surface area contributed by atoms with Gasteiger partial charge >= 0.3 is 5.97 Å². The van der Waals surface area contributed by atoms with Crippen molar-refractivity contribution < 1.29 is 19.5 Å². The normalized spacial score (nSPS) is 28.1. The van der Waals surface area contributed by atoms with Crippen molar-refractivity contribution in [2.75, 3.05) is 5.32 Å². The summed E-state index contributed by atoms with van der Waals surface area (Å²) < 4.78 is 0. The summed E-state index contributed by atoms with van der Waals surface area (Å²) in [6.07, 6.45) is 9.58. The van der Waals surface area contributed by atoms with Gasteiger partial charge in [0.1, 0.15) is 5.00 Å². The molecule has 2 fully saturated rings. The predicted octanol–water partition coefficient (Wildman–Crippen LogP) is 3.75. The van der Waals surface area contributed by atoms with E-state index in [0.717, 1.165) is 36.1 Å². The van der Waals surface area contributed by atoms with Crippen molar-refractivity contribution in [3.63, 3.8) is 0 Å². The Bertz CT molecular complexity index is 868. The summed E-state index contributed by atoms with van der Waals surface area (Å²) >= 11 is 1.41. The van der Waals surface area contributed by atoms with Crippen LogP contribution < -0.4 is 10.6 Å². The molecule has 0 aliphatic heterocycles. The molecule has 3 N–H and O–H groups in total. The van der Waals surface area contributed by atoms with Gasteiger partial charge in [0, 0.05) is 10.9 Å². The molecule has 1 heterocycles. The number of carbonyl (C=O) groups excluding carboxylic acids is 2. The number of thiophene rings is 1. The van der Waals surface area contributed by atoms with Crippen molar-refractivity contribution >= 4 is 34.1 Å². The zero-order chi connectivity index (χ0) is 20.7. The van der Waals surface area contributed by atoms with Crippen LogP contribution in [0, 0.1) is 30.6 Å². The van der Waals surface area contributed by atoms with Crippen molar-refractivity contribution in [1.29, 1.82) is 0 Å². The van der Waals surface area contributed by atoms with Crippen LogP contribution in [0.4, 0.5) is 5.00 Å². The van der Waals surface area contributed by atoms with Crippen LogP contribution in [0.25, 0.3) is 0 Å². The van der Waals surface area contributed by atoms with Gasteiger partial charge in [-0.3, -0.25) is 14.4 Å². The summed E-state index contributed by atoms with van der Waals surface area (Å²) in [5, 5.41) is 16.3. The molecule has 1 aromatic heterocycles. The highest BCUT2D eigenvalue weighted by Crippen LogP contribution is 2.49. The number of aryl methyl sites for hydroxylation is 1. The molecule has 0 aromatic carbocycles. The molecule has 2 amide bonds. The molecule has 6 nitrogen and oxygen atoms in total. The third-order valence-electron chi connectivity index (χ3n) is 6.76. The number of carboxylic acid groups (broad SMARTS) is 1. The molecule has 7 heteroatoms. The lowest BCUT2D eigenvalue weighted by Gasteiger charge is -2.24. The van der Waals surface area contributed by atoms with Crippen LogP contribution in [0.3, 0.4) is 0 Å². The fourth-order valence-corrected chi connectivity index (χ4v) is 6.52. The summed E-state index contributed by atoms with van der Waals surface area (Å²) in [6, 6.07) is 0.197. The third kappa shape index (κ3) is 3.61. The number of rotatable bonds is 6. The molecule has 0 spiro atoms. The smallest absolute Gasteiger partial charge is 0.307 e. The Labute approximate surface area is 174 Å². The van der Waals surface area contributed by atoms with Gasteiger partial charge in [0.25, 0.3) is 5.91 Å². The van der Waals surface area contributed by atoms with Gasteiger partial charge in [0.2, 0.25) is 5.91 Å². The van der Waals surface area contributed by atoms with Gasteiger partial charge in [-0.05, 0) is 50.0 Å². The standard InChI is InChI=1S/C22H28N2O4S/c1-3-15-11(2)29-21(18(15)20(26)23-14-6-4-5-7-14)24-19(25)16-12-8-9-13(10-12)17(16)22(27)28/h8-9,12-14,16-17H,3-7,10H2,1-2H3,(H,23,26)(H,24,25)(H,27,28). The number of hydrogen-bond donors (Lipinski definition) is 3. The lowest BCUT2D eigenvalue weighted by atomic mass is 9.82. The van der Waals surface area contributed by atoms with E-state index in [4.69, 9.17) is 0 Å². The van der Waals surface area contributed by atoms with E-state index in [-0.39, 0.29) is 29.7 Å². The van der Waals surface area contributed by atoms with Crippen molar-refractivity contribution in [2.24, 2.45) is 23.7 Å². The molecular formula is C22H28N2O4S. The summed E-state index contributed by atoms with van der Waals surface area (Å²) in [5.74, 6) is -2.71. The van der Waals surface area contributed by atoms with Gasteiger partial charge in [0.05, 0.1) is 17.4 Å². The van der Waals surface area contributed by atoms with E-state index in [1.165, 1.54) is 11.3 Å². The molecule has 3 aliphatic rings. The Morgan fingerprint density at radius 3 is 2.41 bits per heavy atom. The Morgan fingerprint density at radius 2 is 1.79 bits per heavy atom. The fraction of sp³-hybridized carbons (Fsp3) is 0.591. The topological polar surface area (TPSA) is 95.5 Å². The van der Waals surface area contributed by atoms with E-state index in [9.17, 15) is 19.5 Å². The highest BCUT2D eigenvalue weighted by molar-refractivity contribution is 7.16. The van der Waals surface area contributed by atoms with Crippen LogP contribution in [0.1, 0.15) is 59.8 Å². The zero-order valence-electron chi connectivity index (χ0n) is 16.9. The summed E-state index contributed by atoms with van der Waals surface area (Å²) in [7, 11) is 0. The number of hydrogen-bond acceptors (Lipinski definition) is 4. The van der Waals surface area contributed by atoms with E-state index in [1.807, 2.05) is 26.0 Å². The highest BCUT2D eigenvalue weighted by atomic mass is 32.1. The van der Waals surface area contributed by atoms with E-state index in [1.54, 1.807) is 0 Å². The van der Waals surface area contributed by atoms with Gasteiger partial charge in [-0.1, -0.05) is 31.9 Å². The number of carbonyl (C=O) groups is 3. The van der Waals surface area contributed by atoms with Crippen LogP contribution in [-0.2, 0) is 16.0 Å². The number of fused-ring (bicyclic) bond motifs is 2. The summed E-state index contributed by atoms with van der Waals surface area (Å²) in [6.45, 7) is 3.97. The zero-order valence-corrected chi connectivity index (χ0v) is 17.7. The highest BCUT2D eigenvalue weighted by Gasteiger charge is 2.51. The van der Waals surface area contributed by atoms with E-state index in [0.29, 0.717) is 23.4 Å². The maximum atomic E-state index is 13.1. The lowest BCUT2D eigenvalue weighted by molar-refractivity contribution is -0.146. The first-order chi connectivity index (χ1) is 13.9. The molecule has 4 rings (SSSR count). The van der Waals surface area contributed by atoms with E-state index in [2.05, 4.69) is 10.6 Å². The molecule has 0 saturated heterocycles. The molecule has 1 aromatic rings. The first-order valence-corrected chi connectivity index (χ1v) is 11.4. The fourth-order valence-electron chi connectivity index (χ4n) is 5.37. The molecule has 2 bridgehead atoms. The maximum absolute atomic E-state index is 13.1. The van der Waals surface area contributed by atoms with E-state index >= 15 is 0 Å². The van der Waals surface area contributed by atoms with Crippen molar-refractivity contribution in [3.8, 4) is 0 Å². The second-order valence-corrected chi connectivity index (χ2v) is 9.70. The van der Waals surface area contributed by atoms with E-state index < -0.39 is 17.8 Å². The third-order valence-corrected chi connectivity index (χ3v) is 7.83. The average molecular weight is 417 g/mol. The minimum absolute atomic E-state index is 0.0384. The van der Waals surface area contributed by atoms with Gasteiger partial charge < -0.3 is 15.7 Å². The molecule has 2 saturated carbocycles. The quantitative estimate of drug-likeness (QED) is 0.616. The number of carboxylic acids is 1. The van der Waals surface area contributed by atoms with Gasteiger partial charge in [-0.25, -0.2) is 0 Å². The molecule has 156 valence electrons. The Morgan fingerprint density at radius 1 is 1.14 bits per heavy atom. The van der Waals surface area contributed by atoms with Gasteiger partial charge in [-0.2, -0.15) is 0 Å². The lowest BCUT2D eigenvalue weighted by Crippen LogP contribution is -2.37. The SMILES string of the molecule is CCc1c(C)sc(NC(=O)C2C3C=CC(C3)C2C(=O)O)c1C(=O)NC1CCCC1. The number of anilines is 1. The van der Waals surface area contributed by atoms with Crippen LogP contribution >= 0.6 is 11.3 Å². The summed E-state index contributed by atoms with van der Waals surface area (Å²) in [5.41, 5.74) is 1.52. The van der Waals surface area contributed by atoms with Crippen molar-refractivity contribution in [3.05, 3.63) is 28.2 Å². The molecule has 3 aliphatic carbocycles. The summed E-state index contributed by atoms with van der Waals surface area (Å²) in [4.78, 5) is 38.9. The molecule has 4 atom stereocenters. The Hall–Kier alpha value is -2.15. The second-order valence-electron chi connectivity index (χ2n) is 8.48. The Kier molecular flexibility index (Phi) is 5.51. The second kappa shape index (κ2) is 7.94. The molecular weight excluding hydrogens is 388 g/mol. The minimum Gasteiger partial charge on any atom is -0.481 e. The predicted molar refractivity (Wildman–Crippen MR) is 112 cm³/mol. The first-order valence-electron chi connectivity index (χ1n) is 10.6. The van der Waals surface area contributed by atoms with Crippen LogP contribution in [0.5, 0.6) is 0 Å². The van der Waals surface area contributed by atoms with Crippen LogP contribution in [-0.4, -0.2) is 28.9 Å². The van der Waals surface area contributed by atoms with Crippen LogP contribution in [0.15, 0.2) is 12.2 Å². The first kappa shape index (κ1) is 20.1. The monoisotopic (exact) mass is 416 g/mol. The number of allylic oxidation sites excluding steroid dienone is 2. The average Bonchev–Trinajstić information content (AvgIpc) is 3.44. The molecule has 0 radical (unpaired) electrons.